The summed E-state index contributed by atoms with van der Waals surface area (Å²) in [5.41, 5.74) is 0. The van der Waals surface area contributed by atoms with Crippen LogP contribution < -0.4 is 0 Å². The summed E-state index contributed by atoms with van der Waals surface area (Å²) in [5.74, 6) is -1.60. The lowest BCUT2D eigenvalue weighted by Gasteiger charge is -2.41. The zero-order chi connectivity index (χ0) is 14.0. The van der Waals surface area contributed by atoms with E-state index in [1.165, 1.54) is 14.2 Å². The number of nitriles is 1. The largest absolute Gasteiger partial charge is 0.349 e. The third-order valence-electron chi connectivity index (χ3n) is 3.60. The first-order chi connectivity index (χ1) is 8.20. The Morgan fingerprint density at radius 1 is 1.11 bits per heavy atom. The molecule has 8 heteroatoms. The van der Waals surface area contributed by atoms with E-state index in [0.29, 0.717) is 0 Å². The first kappa shape index (κ1) is 15.0. The molecule has 0 amide bonds. The molecule has 3 atom stereocenters. The van der Waals surface area contributed by atoms with Crippen molar-refractivity contribution in [3.8, 4) is 6.07 Å². The van der Waals surface area contributed by atoms with Gasteiger partial charge in [-0.25, -0.2) is 0 Å². The molecule has 0 spiro atoms. The molecule has 0 aromatic carbocycles. The summed E-state index contributed by atoms with van der Waals surface area (Å²) in [6.07, 6.45) is -0.0418. The van der Waals surface area contributed by atoms with Gasteiger partial charge in [0.05, 0.1) is 16.1 Å². The zero-order valence-corrected chi connectivity index (χ0v) is 13.1. The van der Waals surface area contributed by atoms with Crippen molar-refractivity contribution in [1.82, 2.24) is 0 Å². The van der Waals surface area contributed by atoms with Gasteiger partial charge in [-0.1, -0.05) is 23.2 Å². The second-order valence-electron chi connectivity index (χ2n) is 4.20. The summed E-state index contributed by atoms with van der Waals surface area (Å²) in [6, 6.07) is 1.92. The lowest BCUT2D eigenvalue weighted by molar-refractivity contribution is -0.217. The van der Waals surface area contributed by atoms with Crippen molar-refractivity contribution in [1.29, 1.82) is 5.26 Å². The molecule has 1 unspecified atom stereocenters. The van der Waals surface area contributed by atoms with Crippen molar-refractivity contribution in [3.63, 3.8) is 0 Å². The Kier molecular flexibility index (Phi) is 3.38. The van der Waals surface area contributed by atoms with Crippen molar-refractivity contribution in [2.75, 3.05) is 14.2 Å². The molecule has 100 valence electrons. The van der Waals surface area contributed by atoms with E-state index in [1.54, 1.807) is 0 Å². The van der Waals surface area contributed by atoms with Crippen LogP contribution in [-0.4, -0.2) is 34.6 Å². The van der Waals surface area contributed by atoms with Gasteiger partial charge in [0.15, 0.2) is 9.75 Å². The number of hydrogen-bond donors (Lipinski definition) is 0. The standard InChI is InChI=1S/C10H8Cl5NO2/c1-17-10(18-2)8(14)3-7(13,4-16)9(10,15)6(12)5(8)11/h3H2,1-2H3/t7?,8-,9-/m1/s1. The highest BCUT2D eigenvalue weighted by Crippen LogP contribution is 2.74. The van der Waals surface area contributed by atoms with E-state index in [1.807, 2.05) is 6.07 Å². The van der Waals surface area contributed by atoms with Gasteiger partial charge in [0.2, 0.25) is 5.79 Å². The van der Waals surface area contributed by atoms with Crippen molar-refractivity contribution >= 4 is 58.0 Å². The van der Waals surface area contributed by atoms with Crippen LogP contribution in [0.25, 0.3) is 0 Å². The highest BCUT2D eigenvalue weighted by atomic mass is 35.5. The SMILES string of the molecule is COC1(OC)[C@@]2(Cl)C(Cl)=C(Cl)[C@]1(Cl)CC2(Cl)C#N. The summed E-state index contributed by atoms with van der Waals surface area (Å²) >= 11 is 31.5. The first-order valence-corrected chi connectivity index (χ1v) is 6.74. The minimum absolute atomic E-state index is 0.0210. The van der Waals surface area contributed by atoms with Gasteiger partial charge in [-0.15, -0.1) is 34.8 Å². The van der Waals surface area contributed by atoms with Gasteiger partial charge in [0.25, 0.3) is 0 Å². The minimum atomic E-state index is -1.67. The number of methoxy groups -OCH3 is 2. The normalized spacial score (nSPS) is 45.4. The minimum Gasteiger partial charge on any atom is -0.349 e. The average Bonchev–Trinajstić information content (AvgIpc) is 2.59. The Hall–Kier alpha value is 0.600. The number of ether oxygens (including phenoxy) is 2. The Balaban J connectivity index is 2.83. The van der Waals surface area contributed by atoms with Crippen LogP contribution in [0.3, 0.4) is 0 Å². The van der Waals surface area contributed by atoms with Crippen LogP contribution in [0.15, 0.2) is 10.1 Å². The smallest absolute Gasteiger partial charge is 0.220 e. The number of rotatable bonds is 2. The zero-order valence-electron chi connectivity index (χ0n) is 9.36. The van der Waals surface area contributed by atoms with Crippen LogP contribution in [0, 0.1) is 11.3 Å². The van der Waals surface area contributed by atoms with Crippen LogP contribution in [0.4, 0.5) is 0 Å². The summed E-state index contributed by atoms with van der Waals surface area (Å²) in [4.78, 5) is -4.63. The number of halogens is 5. The number of fused-ring (bicyclic) bond motifs is 2. The third-order valence-corrected chi connectivity index (χ3v) is 6.81. The van der Waals surface area contributed by atoms with Crippen molar-refractivity contribution in [3.05, 3.63) is 10.1 Å². The lowest BCUT2D eigenvalue weighted by Crippen LogP contribution is -2.59. The molecule has 0 N–H and O–H groups in total. The van der Waals surface area contributed by atoms with Crippen LogP contribution in [0.1, 0.15) is 6.42 Å². The van der Waals surface area contributed by atoms with E-state index < -0.39 is 20.4 Å². The molecular weight excluding hydrogens is 343 g/mol. The molecule has 2 rings (SSSR count). The van der Waals surface area contributed by atoms with Gasteiger partial charge in [-0.05, 0) is 0 Å². The molecule has 2 aliphatic rings. The van der Waals surface area contributed by atoms with E-state index in [9.17, 15) is 5.26 Å². The van der Waals surface area contributed by atoms with E-state index >= 15 is 0 Å². The Bertz CT molecular complexity index is 485. The fourth-order valence-electron chi connectivity index (χ4n) is 2.78. The molecule has 0 radical (unpaired) electrons. The molecule has 2 bridgehead atoms. The van der Waals surface area contributed by atoms with Crippen molar-refractivity contribution in [2.24, 2.45) is 0 Å². The second kappa shape index (κ2) is 4.05. The van der Waals surface area contributed by atoms with Gasteiger partial charge in [-0.2, -0.15) is 5.26 Å². The van der Waals surface area contributed by atoms with Crippen LogP contribution in [-0.2, 0) is 9.47 Å². The molecular formula is C10H8Cl5NO2. The van der Waals surface area contributed by atoms with Crippen LogP contribution in [0.5, 0.6) is 0 Å². The highest BCUT2D eigenvalue weighted by molar-refractivity contribution is 6.55. The van der Waals surface area contributed by atoms with Gasteiger partial charge in [-0.3, -0.25) is 0 Å². The average molecular weight is 351 g/mol. The molecule has 1 saturated carbocycles. The Morgan fingerprint density at radius 2 is 1.61 bits per heavy atom. The van der Waals surface area contributed by atoms with Crippen LogP contribution in [0.2, 0.25) is 0 Å². The van der Waals surface area contributed by atoms with Gasteiger partial charge in [0, 0.05) is 20.6 Å². The Labute approximate surface area is 129 Å². The van der Waals surface area contributed by atoms with Crippen molar-refractivity contribution < 1.29 is 9.47 Å². The van der Waals surface area contributed by atoms with Crippen LogP contribution >= 0.6 is 58.0 Å². The predicted molar refractivity (Wildman–Crippen MR) is 71.5 cm³/mol. The summed E-state index contributed by atoms with van der Waals surface area (Å²) in [5, 5.41) is 9.37. The topological polar surface area (TPSA) is 42.2 Å². The number of alkyl halides is 3. The van der Waals surface area contributed by atoms with E-state index in [0.717, 1.165) is 0 Å². The monoisotopic (exact) mass is 349 g/mol. The summed E-state index contributed by atoms with van der Waals surface area (Å²) in [7, 11) is 2.69. The molecule has 2 aliphatic carbocycles. The predicted octanol–water partition coefficient (Wildman–Crippen LogP) is 3.54. The molecule has 0 aliphatic heterocycles. The van der Waals surface area contributed by atoms with E-state index in [2.05, 4.69) is 0 Å². The van der Waals surface area contributed by atoms with Crippen molar-refractivity contribution in [2.45, 2.75) is 26.8 Å². The van der Waals surface area contributed by atoms with E-state index in [-0.39, 0.29) is 16.5 Å². The third kappa shape index (κ3) is 1.18. The van der Waals surface area contributed by atoms with E-state index in [4.69, 9.17) is 67.5 Å². The first-order valence-electron chi connectivity index (χ1n) is 4.85. The molecule has 3 nitrogen and oxygen atoms in total. The fraction of sp³-hybridized carbons (Fsp3) is 0.700. The number of nitrogens with zero attached hydrogens (tertiary/aromatic N) is 1. The number of hydrogen-bond acceptors (Lipinski definition) is 3. The fourth-order valence-corrected chi connectivity index (χ4v) is 5.35. The summed E-state index contributed by atoms with van der Waals surface area (Å²) in [6.45, 7) is 0. The molecule has 0 aromatic heterocycles. The molecule has 0 saturated heterocycles. The van der Waals surface area contributed by atoms with Gasteiger partial charge < -0.3 is 9.47 Å². The summed E-state index contributed by atoms with van der Waals surface area (Å²) < 4.78 is 10.7. The lowest BCUT2D eigenvalue weighted by atomic mass is 9.91. The molecule has 18 heavy (non-hydrogen) atoms. The highest BCUT2D eigenvalue weighted by Gasteiger charge is 2.86. The van der Waals surface area contributed by atoms with Gasteiger partial charge in [0.1, 0.15) is 4.87 Å². The molecule has 0 aromatic rings. The maximum atomic E-state index is 9.29. The maximum Gasteiger partial charge on any atom is 0.220 e. The quantitative estimate of drug-likeness (QED) is 0.564. The second-order valence-corrected chi connectivity index (χ2v) is 6.82. The Morgan fingerprint density at radius 3 is 1.94 bits per heavy atom. The van der Waals surface area contributed by atoms with Gasteiger partial charge >= 0.3 is 0 Å². The molecule has 0 heterocycles. The molecule has 1 fully saturated rings. The maximum absolute atomic E-state index is 9.29.